The molecule has 0 aromatic heterocycles. The quantitative estimate of drug-likeness (QED) is 0.0803. The first-order valence-corrected chi connectivity index (χ1v) is 21.7. The number of cyclic esters (lactones) is 4. The number of benzene rings is 1. The molecule has 4 heterocycles. The molecule has 1 aromatic rings. The van der Waals surface area contributed by atoms with Gasteiger partial charge in [0.05, 0.1) is 51.6 Å². The number of ether oxygens (including phenoxy) is 6. The molecule has 72 heavy (non-hydrogen) atoms. The van der Waals surface area contributed by atoms with Crippen LogP contribution in [0.15, 0.2) is 24.3 Å². The lowest BCUT2D eigenvalue weighted by Gasteiger charge is -2.23. The Morgan fingerprint density at radius 2 is 1.07 bits per heavy atom. The van der Waals surface area contributed by atoms with Crippen LogP contribution in [0, 0.1) is 17.1 Å². The number of aliphatic carboxylic acids is 4. The number of hydrogen-bond donors (Lipinski definition) is 4. The third kappa shape index (κ3) is 33.2. The molecule has 4 aliphatic heterocycles. The molecule has 4 atom stereocenters. The first-order valence-electron chi connectivity index (χ1n) is 21.4. The van der Waals surface area contributed by atoms with Crippen molar-refractivity contribution in [3.8, 4) is 11.8 Å². The van der Waals surface area contributed by atoms with Gasteiger partial charge in [0.25, 0.3) is 5.79 Å². The number of ketones is 4. The van der Waals surface area contributed by atoms with Gasteiger partial charge in [-0.25, -0.2) is 14.0 Å². The number of carbonyl (C=O) groups excluding carboxylic acids is 9. The molecule has 400 valence electrons. The van der Waals surface area contributed by atoms with Crippen LogP contribution >= 0.6 is 11.6 Å². The normalized spacial score (nSPS) is 21.7. The predicted octanol–water partition coefficient (Wildman–Crippen LogP) is 4.65. The topological polar surface area (TPSA) is 382 Å². The number of carboxylic acid groups (broad SMARTS) is 4. The molecule has 24 nitrogen and oxygen atoms in total. The number of halogens is 3. The average molecular weight is 1050 g/mol. The van der Waals surface area contributed by atoms with Gasteiger partial charge in [0.1, 0.15) is 17.6 Å². The minimum absolute atomic E-state index is 0.123. The van der Waals surface area contributed by atoms with Gasteiger partial charge >= 0.3 is 53.7 Å². The number of alkyl halides is 2. The van der Waals surface area contributed by atoms with Gasteiger partial charge in [-0.15, -0.1) is 0 Å². The van der Waals surface area contributed by atoms with Gasteiger partial charge in [0.15, 0.2) is 22.2 Å². The number of esters is 5. The van der Waals surface area contributed by atoms with Crippen molar-refractivity contribution in [1.29, 1.82) is 5.26 Å². The maximum Gasteiger partial charge on any atom is 0.374 e. The third-order valence-electron chi connectivity index (χ3n) is 8.68. The summed E-state index contributed by atoms with van der Waals surface area (Å²) in [4.78, 5) is 133. The van der Waals surface area contributed by atoms with Crippen LogP contribution in [0.1, 0.15) is 131 Å². The zero-order chi connectivity index (χ0) is 56.0. The fourth-order valence-electron chi connectivity index (χ4n) is 4.86. The molecule has 5 rings (SSSR count). The highest BCUT2D eigenvalue weighted by atomic mass is 35.5. The van der Waals surface area contributed by atoms with E-state index >= 15 is 0 Å². The van der Waals surface area contributed by atoms with Crippen LogP contribution in [-0.4, -0.2) is 126 Å². The van der Waals surface area contributed by atoms with Gasteiger partial charge < -0.3 is 48.8 Å². The van der Waals surface area contributed by atoms with E-state index in [2.05, 4.69) is 14.2 Å². The van der Waals surface area contributed by atoms with Crippen molar-refractivity contribution < 1.29 is 120 Å². The highest BCUT2D eigenvalue weighted by Crippen LogP contribution is 2.31. The highest BCUT2D eigenvalue weighted by Gasteiger charge is 2.38. The molecule has 0 bridgehead atoms. The van der Waals surface area contributed by atoms with Gasteiger partial charge in [-0.05, 0) is 45.0 Å². The van der Waals surface area contributed by atoms with E-state index in [1.165, 1.54) is 31.2 Å². The molecule has 4 saturated heterocycles. The molecule has 4 N–H and O–H groups in total. The molecule has 27 heteroatoms. The molecular weight excluding hydrogens is 996 g/mol. The molecule has 4 aliphatic rings. The van der Waals surface area contributed by atoms with Crippen molar-refractivity contribution in [3.63, 3.8) is 0 Å². The molecule has 0 radical (unpaired) electrons. The fourth-order valence-corrected chi connectivity index (χ4v) is 5.04. The highest BCUT2D eigenvalue weighted by molar-refractivity contribution is 6.36. The van der Waals surface area contributed by atoms with Crippen molar-refractivity contribution in [1.82, 2.24) is 0 Å². The number of Topliss-reactive ketones (excluding diaryl/α,β-unsaturated/α-hetero) is 4. The lowest BCUT2D eigenvalue weighted by atomic mass is 10.1. The Hall–Kier alpha value is -7.43. The van der Waals surface area contributed by atoms with E-state index in [0.717, 1.165) is 6.92 Å². The number of hydrogen-bond acceptors (Lipinski definition) is 20. The second-order valence-corrected chi connectivity index (χ2v) is 16.5. The Morgan fingerprint density at radius 1 is 0.639 bits per heavy atom. The van der Waals surface area contributed by atoms with Gasteiger partial charge in [-0.1, -0.05) is 11.6 Å². The average Bonchev–Trinajstić information content (AvgIpc) is 4.02. The van der Waals surface area contributed by atoms with Crippen LogP contribution < -0.4 is 4.74 Å². The molecule has 3 unspecified atom stereocenters. The Kier molecular flexibility index (Phi) is 30.0. The summed E-state index contributed by atoms with van der Waals surface area (Å²) in [6.45, 7) is 9.10. The number of rotatable bonds is 15. The Bertz CT molecular complexity index is 2100. The summed E-state index contributed by atoms with van der Waals surface area (Å²) in [7, 11) is 0. The van der Waals surface area contributed by atoms with Crippen LogP contribution in [0.5, 0.6) is 5.75 Å². The van der Waals surface area contributed by atoms with Crippen molar-refractivity contribution >= 4 is 88.5 Å². The van der Waals surface area contributed by atoms with Gasteiger partial charge in [-0.3, -0.25) is 52.7 Å². The lowest BCUT2D eigenvalue weighted by Crippen LogP contribution is -2.31. The van der Waals surface area contributed by atoms with Crippen molar-refractivity contribution in [2.75, 3.05) is 6.61 Å². The van der Waals surface area contributed by atoms with Crippen LogP contribution in [-0.2, 0) is 86.0 Å². The Morgan fingerprint density at radius 3 is 1.36 bits per heavy atom. The maximum atomic E-state index is 12.6. The van der Waals surface area contributed by atoms with Crippen LogP contribution in [0.25, 0.3) is 0 Å². The van der Waals surface area contributed by atoms with Gasteiger partial charge in [0, 0.05) is 65.7 Å². The van der Waals surface area contributed by atoms with E-state index in [1.807, 2.05) is 6.07 Å². The van der Waals surface area contributed by atoms with E-state index in [4.69, 9.17) is 51.5 Å². The van der Waals surface area contributed by atoms with Gasteiger partial charge in [-0.2, -0.15) is 9.65 Å². The van der Waals surface area contributed by atoms with Crippen molar-refractivity contribution in [2.24, 2.45) is 0 Å². The third-order valence-corrected chi connectivity index (χ3v) is 8.95. The second kappa shape index (κ2) is 32.5. The van der Waals surface area contributed by atoms with Gasteiger partial charge in [0.2, 0.25) is 17.4 Å². The number of carboxylic acids is 4. The summed E-state index contributed by atoms with van der Waals surface area (Å²) in [5.74, 6) is -12.5. The smallest absolute Gasteiger partial charge is 0.374 e. The molecule has 0 aliphatic carbocycles. The summed E-state index contributed by atoms with van der Waals surface area (Å²) in [6.07, 6.45) is 1.34. The molecule has 0 saturated carbocycles. The minimum Gasteiger partial charge on any atom is -0.481 e. The standard InChI is InChI=1S/C11H11FO3.C7H10O5.C6H7NO2.C6H8O4.C5H7ClO2.C5H7FO2.C5H6O5/c1-11(7-6-10(13)15-11)14-9-4-2-8(12)3-5-9;1-2-12-7(11)5(8)3-4-6(9)10;1-6(4-7)3-2-5(8)9-6;1-4(7)5(8)2-3-6(9)10;2*1-5(6)3-2-4(7)8-5;6-3(5(9)10)1-2-4(7)8/h2-5H,6-7H2,1H3;2-4H2,1H3,(H,9,10);2-3H2,1H3;2-3H2,1H3,(H,9,10);2*2-3H2,1H3;1-2H2,(H,7,8)(H,9,10)/t11-;;;;;;/m0....../s1. The summed E-state index contributed by atoms with van der Waals surface area (Å²) in [6, 6.07) is 7.54. The Balaban J connectivity index is 0. The summed E-state index contributed by atoms with van der Waals surface area (Å²) >= 11 is 5.62. The fraction of sp³-hybridized carbons (Fsp3) is 0.556. The molecule has 0 amide bonds. The maximum absolute atomic E-state index is 12.6. The number of nitrogens with zero attached hydrogens (tertiary/aromatic N) is 1. The van der Waals surface area contributed by atoms with Crippen LogP contribution in [0.4, 0.5) is 8.78 Å². The lowest BCUT2D eigenvalue weighted by molar-refractivity contribution is -0.172. The first kappa shape index (κ1) is 66.7. The number of nitriles is 1. The van der Waals surface area contributed by atoms with Crippen molar-refractivity contribution in [2.45, 2.75) is 154 Å². The van der Waals surface area contributed by atoms with E-state index in [9.17, 15) is 71.1 Å². The minimum atomic E-state index is -1.68. The summed E-state index contributed by atoms with van der Waals surface area (Å²) in [5.41, 5.74) is -0.836. The largest absolute Gasteiger partial charge is 0.481 e. The zero-order valence-electron chi connectivity index (χ0n) is 40.0. The Labute approximate surface area is 415 Å². The van der Waals surface area contributed by atoms with Crippen molar-refractivity contribution in [3.05, 3.63) is 30.1 Å². The summed E-state index contributed by atoms with van der Waals surface area (Å²) in [5, 5.41) is 39.9. The van der Waals surface area contributed by atoms with Crippen LogP contribution in [0.2, 0.25) is 0 Å². The number of carbonyl (C=O) groups is 13. The van der Waals surface area contributed by atoms with E-state index in [-0.39, 0.29) is 68.9 Å². The van der Waals surface area contributed by atoms with E-state index < -0.39 is 94.1 Å². The molecule has 0 spiro atoms. The van der Waals surface area contributed by atoms with E-state index in [0.29, 0.717) is 44.3 Å². The zero-order valence-corrected chi connectivity index (χ0v) is 40.8. The van der Waals surface area contributed by atoms with E-state index in [1.54, 1.807) is 27.7 Å². The molecule has 1 aromatic carbocycles. The second-order valence-electron chi connectivity index (χ2n) is 15.7. The SMILES string of the molecule is CC(=O)C(=O)CCC(=O)O.CC1(C#N)CCC(=O)O1.CC1(Cl)CCC(=O)O1.CC1(F)CCC(=O)O1.CCOC(=O)C(=O)CCC(=O)O.C[C@@]1(Oc2ccc(F)cc2)CCC(=O)O1.O=C(O)CCC(=O)C(=O)O. The summed E-state index contributed by atoms with van der Waals surface area (Å²) < 4.78 is 53.5. The molecule has 4 fully saturated rings. The predicted molar refractivity (Wildman–Crippen MR) is 235 cm³/mol. The van der Waals surface area contributed by atoms with Crippen LogP contribution in [0.3, 0.4) is 0 Å². The molecular formula is C45H56ClF2NO23. The first-order chi connectivity index (χ1) is 33.1. The monoisotopic (exact) mass is 1050 g/mol.